The van der Waals surface area contributed by atoms with E-state index in [1.54, 1.807) is 37.5 Å². The van der Waals surface area contributed by atoms with Crippen LogP contribution in [0.3, 0.4) is 0 Å². The average molecular weight is 693 g/mol. The van der Waals surface area contributed by atoms with Gasteiger partial charge in [0.25, 0.3) is 0 Å². The normalized spacial score (nSPS) is 15.8. The topological polar surface area (TPSA) is 126 Å². The summed E-state index contributed by atoms with van der Waals surface area (Å²) < 4.78 is 10.8. The Bertz CT molecular complexity index is 1440. The number of hydrogen-bond donors (Lipinski definition) is 1. The third kappa shape index (κ3) is 12.5. The number of carbonyl (C=O) groups excluding carboxylic acids is 5. The molecule has 1 heterocycles. The molecule has 1 aliphatic heterocycles. The smallest absolute Gasteiger partial charge is 0.410 e. The van der Waals surface area contributed by atoms with Gasteiger partial charge >= 0.3 is 12.1 Å². The highest BCUT2D eigenvalue weighted by atomic mass is 16.6. The molecule has 0 aromatic heterocycles. The predicted molar refractivity (Wildman–Crippen MR) is 192 cm³/mol. The minimum atomic E-state index is -0.887. The summed E-state index contributed by atoms with van der Waals surface area (Å²) in [6, 6.07) is 17.2. The molecule has 0 radical (unpaired) electrons. The number of nitrogens with zero attached hydrogens (tertiary/aromatic N) is 3. The number of nitrogens with one attached hydrogen (secondary N) is 1. The lowest BCUT2D eigenvalue weighted by Gasteiger charge is -2.38. The Morgan fingerprint density at radius 3 is 2.08 bits per heavy atom. The lowest BCUT2D eigenvalue weighted by Crippen LogP contribution is -2.59. The van der Waals surface area contributed by atoms with Gasteiger partial charge in [0, 0.05) is 39.1 Å². The third-order valence-corrected chi connectivity index (χ3v) is 8.78. The minimum Gasteiger partial charge on any atom is -0.461 e. The fourth-order valence-corrected chi connectivity index (χ4v) is 5.72. The number of hydrogen-bond acceptors (Lipinski definition) is 7. The number of likely N-dealkylation sites (N-methyl/N-ethyl adjacent to an activating group) is 1. The summed E-state index contributed by atoms with van der Waals surface area (Å²) in [5.41, 5.74) is 0.579. The lowest BCUT2D eigenvalue weighted by atomic mass is 9.85. The van der Waals surface area contributed by atoms with E-state index in [9.17, 15) is 24.0 Å². The van der Waals surface area contributed by atoms with Crippen molar-refractivity contribution >= 4 is 29.8 Å². The fraction of sp³-hybridized carbons (Fsp3) is 0.564. The molecule has 0 saturated carbocycles. The molecule has 1 aliphatic rings. The number of likely N-dealkylation sites (tertiary alicyclic amines) is 1. The third-order valence-electron chi connectivity index (χ3n) is 8.78. The van der Waals surface area contributed by atoms with Crippen molar-refractivity contribution < 1.29 is 33.4 Å². The van der Waals surface area contributed by atoms with Gasteiger partial charge < -0.3 is 24.6 Å². The number of rotatable bonds is 14. The standard InChI is InChI=1S/C39H56N4O7/c1-28(41(8)37(48)50-39(5,6)7)35(46)40-34(38(2,3)4)36(47)43-24-15-20-31(43)26-42(25-23-29-16-11-9-12-17-29)32(44)21-22-33(45)49-27-30-18-13-10-14-19-30/h9-14,16-19,28,31,34H,15,20-27H2,1-8H3,(H,40,46)/t28-,31-,34+/m0/s1. The van der Waals surface area contributed by atoms with Crippen molar-refractivity contribution in [2.75, 3.05) is 26.7 Å². The van der Waals surface area contributed by atoms with Crippen LogP contribution in [0, 0.1) is 5.41 Å². The molecular weight excluding hydrogens is 636 g/mol. The number of amides is 4. The zero-order chi connectivity index (χ0) is 37.1. The molecule has 0 unspecified atom stereocenters. The van der Waals surface area contributed by atoms with Crippen LogP contribution in [0.15, 0.2) is 60.7 Å². The van der Waals surface area contributed by atoms with Gasteiger partial charge in [0.2, 0.25) is 17.7 Å². The number of esters is 1. The van der Waals surface area contributed by atoms with Gasteiger partial charge in [-0.15, -0.1) is 0 Å². The highest BCUT2D eigenvalue weighted by Gasteiger charge is 2.41. The average Bonchev–Trinajstić information content (AvgIpc) is 3.53. The Hall–Kier alpha value is -4.41. The molecule has 3 atom stereocenters. The largest absolute Gasteiger partial charge is 0.461 e. The molecular formula is C39H56N4O7. The van der Waals surface area contributed by atoms with Crippen molar-refractivity contribution in [1.29, 1.82) is 0 Å². The first kappa shape index (κ1) is 40.0. The molecule has 1 saturated heterocycles. The molecule has 2 aromatic carbocycles. The molecule has 274 valence electrons. The van der Waals surface area contributed by atoms with Crippen LogP contribution in [0.1, 0.15) is 85.3 Å². The van der Waals surface area contributed by atoms with Crippen LogP contribution in [0.5, 0.6) is 0 Å². The van der Waals surface area contributed by atoms with Crippen LogP contribution in [0.2, 0.25) is 0 Å². The SMILES string of the molecule is C[C@@H](C(=O)N[C@H](C(=O)N1CCC[C@H]1CN(CCc1ccccc1)C(=O)CCC(=O)OCc1ccccc1)C(C)(C)C)N(C)C(=O)OC(C)(C)C. The number of benzene rings is 2. The van der Waals surface area contributed by atoms with Crippen LogP contribution < -0.4 is 5.32 Å². The molecule has 11 heteroatoms. The zero-order valence-electron chi connectivity index (χ0n) is 31.1. The molecule has 3 rings (SSSR count). The predicted octanol–water partition coefficient (Wildman–Crippen LogP) is 5.36. The van der Waals surface area contributed by atoms with Crippen molar-refractivity contribution in [3.8, 4) is 0 Å². The maximum atomic E-state index is 14.2. The maximum absolute atomic E-state index is 14.2. The molecule has 0 aliphatic carbocycles. The Morgan fingerprint density at radius 2 is 1.50 bits per heavy atom. The van der Waals surface area contributed by atoms with E-state index in [0.717, 1.165) is 17.5 Å². The first-order chi connectivity index (χ1) is 23.5. The van der Waals surface area contributed by atoms with Gasteiger partial charge in [-0.05, 0) is 63.5 Å². The van der Waals surface area contributed by atoms with E-state index < -0.39 is 41.1 Å². The Labute approximate surface area is 297 Å². The lowest BCUT2D eigenvalue weighted by molar-refractivity contribution is -0.147. The molecule has 0 spiro atoms. The van der Waals surface area contributed by atoms with E-state index in [0.29, 0.717) is 32.5 Å². The summed E-state index contributed by atoms with van der Waals surface area (Å²) in [6.45, 7) is 13.9. The van der Waals surface area contributed by atoms with Gasteiger partial charge in [-0.25, -0.2) is 4.79 Å². The minimum absolute atomic E-state index is 0.00714. The van der Waals surface area contributed by atoms with Crippen LogP contribution in [0.25, 0.3) is 0 Å². The highest BCUT2D eigenvalue weighted by molar-refractivity contribution is 5.92. The van der Waals surface area contributed by atoms with E-state index >= 15 is 0 Å². The Morgan fingerprint density at radius 1 is 0.900 bits per heavy atom. The first-order valence-electron chi connectivity index (χ1n) is 17.5. The second-order valence-corrected chi connectivity index (χ2v) is 15.1. The summed E-state index contributed by atoms with van der Waals surface area (Å²) in [4.78, 5) is 71.2. The Kier molecular flexibility index (Phi) is 14.4. The van der Waals surface area contributed by atoms with Crippen molar-refractivity contribution in [3.05, 3.63) is 71.8 Å². The van der Waals surface area contributed by atoms with E-state index in [1.807, 2.05) is 81.4 Å². The number of ether oxygens (including phenoxy) is 2. The van der Waals surface area contributed by atoms with Gasteiger partial charge in [0.15, 0.2) is 0 Å². The van der Waals surface area contributed by atoms with E-state index in [1.165, 1.54) is 11.9 Å². The summed E-state index contributed by atoms with van der Waals surface area (Å²) in [5.74, 6) is -1.34. The molecule has 4 amide bonds. The van der Waals surface area contributed by atoms with Crippen LogP contribution >= 0.6 is 0 Å². The highest BCUT2D eigenvalue weighted by Crippen LogP contribution is 2.27. The van der Waals surface area contributed by atoms with E-state index in [4.69, 9.17) is 9.47 Å². The van der Waals surface area contributed by atoms with Gasteiger partial charge in [-0.3, -0.25) is 24.1 Å². The van der Waals surface area contributed by atoms with Gasteiger partial charge in [0.05, 0.1) is 6.42 Å². The monoisotopic (exact) mass is 692 g/mol. The summed E-state index contributed by atoms with van der Waals surface area (Å²) in [6.07, 6.45) is 1.38. The summed E-state index contributed by atoms with van der Waals surface area (Å²) >= 11 is 0. The van der Waals surface area contributed by atoms with E-state index in [2.05, 4.69) is 5.32 Å². The number of carbonyl (C=O) groups is 5. The molecule has 1 fully saturated rings. The second kappa shape index (κ2) is 18.0. The fourth-order valence-electron chi connectivity index (χ4n) is 5.72. The van der Waals surface area contributed by atoms with Crippen LogP contribution in [-0.2, 0) is 41.7 Å². The van der Waals surface area contributed by atoms with Gasteiger partial charge in [-0.2, -0.15) is 0 Å². The Balaban J connectivity index is 1.71. The second-order valence-electron chi connectivity index (χ2n) is 15.1. The summed E-state index contributed by atoms with van der Waals surface area (Å²) in [5, 5.41) is 2.92. The molecule has 2 aromatic rings. The molecule has 11 nitrogen and oxygen atoms in total. The van der Waals surface area contributed by atoms with Crippen molar-refractivity contribution in [3.63, 3.8) is 0 Å². The molecule has 50 heavy (non-hydrogen) atoms. The van der Waals surface area contributed by atoms with Gasteiger partial charge in [-0.1, -0.05) is 81.4 Å². The summed E-state index contributed by atoms with van der Waals surface area (Å²) in [7, 11) is 1.49. The van der Waals surface area contributed by atoms with E-state index in [-0.39, 0.29) is 37.3 Å². The zero-order valence-corrected chi connectivity index (χ0v) is 31.1. The first-order valence-corrected chi connectivity index (χ1v) is 17.5. The van der Waals surface area contributed by atoms with Crippen LogP contribution in [0.4, 0.5) is 4.79 Å². The van der Waals surface area contributed by atoms with Crippen molar-refractivity contribution in [2.24, 2.45) is 5.41 Å². The van der Waals surface area contributed by atoms with Crippen molar-refractivity contribution in [2.45, 2.75) is 111 Å². The van der Waals surface area contributed by atoms with Crippen molar-refractivity contribution in [1.82, 2.24) is 20.0 Å². The maximum Gasteiger partial charge on any atom is 0.410 e. The molecule has 1 N–H and O–H groups in total. The molecule has 0 bridgehead atoms. The van der Waals surface area contributed by atoms with Gasteiger partial charge in [0.1, 0.15) is 24.3 Å². The van der Waals surface area contributed by atoms with Crippen LogP contribution in [-0.4, -0.2) is 94.9 Å². The quantitative estimate of drug-likeness (QED) is 0.265.